The average Bonchev–Trinajstić information content (AvgIpc) is 2.76. The average molecular weight is 423 g/mol. The molecular weight excluding hydrogens is 402 g/mol. The van der Waals surface area contributed by atoms with Gasteiger partial charge in [0.05, 0.1) is 18.0 Å². The lowest BCUT2D eigenvalue weighted by Gasteiger charge is -2.12. The molecule has 0 radical (unpaired) electrons. The maximum atomic E-state index is 12.2. The number of primary amides is 1. The third-order valence-electron chi connectivity index (χ3n) is 4.28. The van der Waals surface area contributed by atoms with E-state index < -0.39 is 18.0 Å². The van der Waals surface area contributed by atoms with Crippen LogP contribution >= 0.6 is 0 Å². The van der Waals surface area contributed by atoms with Crippen LogP contribution in [-0.2, 0) is 14.3 Å². The Balaban J connectivity index is 1.69. The van der Waals surface area contributed by atoms with Crippen molar-refractivity contribution >= 4 is 28.9 Å². The fourth-order valence-corrected chi connectivity index (χ4v) is 2.79. The van der Waals surface area contributed by atoms with E-state index in [4.69, 9.17) is 19.9 Å². The topological polar surface area (TPSA) is 134 Å². The van der Waals surface area contributed by atoms with Crippen LogP contribution < -0.4 is 20.8 Å². The summed E-state index contributed by atoms with van der Waals surface area (Å²) >= 11 is 0. The summed E-state index contributed by atoms with van der Waals surface area (Å²) in [5.74, 6) is -0.242. The molecule has 0 aliphatic rings. The molecule has 1 amide bonds. The summed E-state index contributed by atoms with van der Waals surface area (Å²) < 4.78 is 15.8. The van der Waals surface area contributed by atoms with Gasteiger partial charge in [-0.25, -0.2) is 9.78 Å². The van der Waals surface area contributed by atoms with Crippen molar-refractivity contribution < 1.29 is 23.8 Å². The van der Waals surface area contributed by atoms with E-state index in [2.05, 4.69) is 9.97 Å². The quantitative estimate of drug-likeness (QED) is 0.419. The van der Waals surface area contributed by atoms with Crippen molar-refractivity contribution in [3.05, 3.63) is 70.3 Å². The highest BCUT2D eigenvalue weighted by molar-refractivity contribution is 5.87. The Bertz CT molecular complexity index is 1200. The van der Waals surface area contributed by atoms with Crippen LogP contribution in [0.3, 0.4) is 0 Å². The standard InChI is InChI=1S/C22H21N3O6/c1-13(21-24-16-6-4-3-5-15(16)22(28)25-21)31-20(27)10-8-14-7-9-17(18(11-14)29-2)30-12-19(23)26/h3-11,13H,12H2,1-2H3,(H2,23,26)(H,24,25,28)/b10-8+. The Hall–Kier alpha value is -4.14. The van der Waals surface area contributed by atoms with Gasteiger partial charge in [0.1, 0.15) is 0 Å². The van der Waals surface area contributed by atoms with Crippen LogP contribution in [0, 0.1) is 0 Å². The van der Waals surface area contributed by atoms with E-state index >= 15 is 0 Å². The lowest BCUT2D eigenvalue weighted by molar-refractivity contribution is -0.142. The minimum absolute atomic E-state index is 0.253. The van der Waals surface area contributed by atoms with Crippen molar-refractivity contribution in [1.29, 1.82) is 0 Å². The molecule has 0 aliphatic heterocycles. The lowest BCUT2D eigenvalue weighted by Crippen LogP contribution is -2.20. The maximum absolute atomic E-state index is 12.2. The Labute approximate surface area is 177 Å². The molecule has 3 aromatic rings. The molecule has 1 unspecified atom stereocenters. The molecule has 160 valence electrons. The fraction of sp³-hybridized carbons (Fsp3) is 0.182. The van der Waals surface area contributed by atoms with Crippen molar-refractivity contribution in [2.24, 2.45) is 5.73 Å². The Morgan fingerprint density at radius 2 is 1.97 bits per heavy atom. The van der Waals surface area contributed by atoms with Crippen molar-refractivity contribution in [3.63, 3.8) is 0 Å². The van der Waals surface area contributed by atoms with Crippen molar-refractivity contribution in [2.45, 2.75) is 13.0 Å². The third-order valence-corrected chi connectivity index (χ3v) is 4.28. The molecule has 0 saturated carbocycles. The van der Waals surface area contributed by atoms with Gasteiger partial charge in [-0.05, 0) is 42.8 Å². The highest BCUT2D eigenvalue weighted by Crippen LogP contribution is 2.28. The van der Waals surface area contributed by atoms with Crippen molar-refractivity contribution in [3.8, 4) is 11.5 Å². The number of hydrogen-bond acceptors (Lipinski definition) is 7. The number of rotatable bonds is 8. The number of aromatic amines is 1. The first-order valence-electron chi connectivity index (χ1n) is 9.34. The molecule has 0 fully saturated rings. The largest absolute Gasteiger partial charge is 0.493 e. The number of carbonyl (C=O) groups is 2. The van der Waals surface area contributed by atoms with Crippen LogP contribution in [0.2, 0.25) is 0 Å². The van der Waals surface area contributed by atoms with Gasteiger partial charge < -0.3 is 24.9 Å². The lowest BCUT2D eigenvalue weighted by atomic mass is 10.2. The van der Waals surface area contributed by atoms with E-state index in [9.17, 15) is 14.4 Å². The molecule has 0 bridgehead atoms. The normalized spacial score (nSPS) is 11.9. The van der Waals surface area contributed by atoms with Crippen LogP contribution in [-0.4, -0.2) is 35.6 Å². The van der Waals surface area contributed by atoms with Gasteiger partial charge >= 0.3 is 5.97 Å². The molecule has 9 heteroatoms. The predicted octanol–water partition coefficient (Wildman–Crippen LogP) is 2.11. The monoisotopic (exact) mass is 423 g/mol. The second kappa shape index (κ2) is 9.57. The number of methoxy groups -OCH3 is 1. The van der Waals surface area contributed by atoms with Crippen molar-refractivity contribution in [1.82, 2.24) is 9.97 Å². The second-order valence-corrected chi connectivity index (χ2v) is 6.55. The summed E-state index contributed by atoms with van der Waals surface area (Å²) in [5.41, 5.74) is 5.93. The van der Waals surface area contributed by atoms with Gasteiger partial charge in [-0.3, -0.25) is 9.59 Å². The van der Waals surface area contributed by atoms with E-state index in [0.717, 1.165) is 0 Å². The van der Waals surface area contributed by atoms with E-state index in [1.165, 1.54) is 19.3 Å². The highest BCUT2D eigenvalue weighted by Gasteiger charge is 2.14. The van der Waals surface area contributed by atoms with Gasteiger partial charge in [-0.1, -0.05) is 18.2 Å². The highest BCUT2D eigenvalue weighted by atomic mass is 16.5. The zero-order valence-electron chi connectivity index (χ0n) is 17.0. The fourth-order valence-electron chi connectivity index (χ4n) is 2.79. The van der Waals surface area contributed by atoms with Gasteiger partial charge in [0.15, 0.2) is 30.0 Å². The summed E-state index contributed by atoms with van der Waals surface area (Å²) in [6, 6.07) is 11.8. The number of nitrogens with two attached hydrogens (primary N) is 1. The Morgan fingerprint density at radius 3 is 2.71 bits per heavy atom. The van der Waals surface area contributed by atoms with E-state index in [1.807, 2.05) is 0 Å². The first kappa shape index (κ1) is 21.6. The van der Waals surface area contributed by atoms with Crippen LogP contribution in [0.5, 0.6) is 11.5 Å². The number of fused-ring (bicyclic) bond motifs is 1. The molecule has 3 N–H and O–H groups in total. The molecule has 1 aromatic heterocycles. The summed E-state index contributed by atoms with van der Waals surface area (Å²) in [7, 11) is 1.45. The van der Waals surface area contributed by atoms with Gasteiger partial charge in [0.2, 0.25) is 0 Å². The minimum Gasteiger partial charge on any atom is -0.493 e. The minimum atomic E-state index is -0.756. The Kier molecular flexibility index (Phi) is 6.66. The van der Waals surface area contributed by atoms with Gasteiger partial charge in [-0.2, -0.15) is 0 Å². The molecule has 0 spiro atoms. The molecule has 2 aromatic carbocycles. The maximum Gasteiger partial charge on any atom is 0.331 e. The number of para-hydroxylation sites is 1. The van der Waals surface area contributed by atoms with Gasteiger partial charge in [0, 0.05) is 6.08 Å². The molecule has 1 atom stereocenters. The first-order chi connectivity index (χ1) is 14.9. The second-order valence-electron chi connectivity index (χ2n) is 6.55. The van der Waals surface area contributed by atoms with Gasteiger partial charge in [-0.15, -0.1) is 0 Å². The molecular formula is C22H21N3O6. The third kappa shape index (κ3) is 5.47. The summed E-state index contributed by atoms with van der Waals surface area (Å²) in [6.45, 7) is 1.34. The molecule has 3 rings (SSSR count). The summed E-state index contributed by atoms with van der Waals surface area (Å²) in [4.78, 5) is 42.2. The Morgan fingerprint density at radius 1 is 1.19 bits per heavy atom. The van der Waals surface area contributed by atoms with E-state index in [0.29, 0.717) is 28.0 Å². The summed E-state index contributed by atoms with van der Waals surface area (Å²) in [6.07, 6.45) is 2.02. The molecule has 31 heavy (non-hydrogen) atoms. The SMILES string of the molecule is COc1cc(/C=C/C(=O)OC(C)c2nc3ccccc3c(=O)[nH]2)ccc1OCC(N)=O. The molecule has 0 aliphatic carbocycles. The predicted molar refractivity (Wildman–Crippen MR) is 114 cm³/mol. The number of aromatic nitrogens is 2. The number of hydrogen-bond donors (Lipinski definition) is 2. The number of nitrogens with zero attached hydrogens (tertiary/aromatic N) is 1. The molecule has 1 heterocycles. The first-order valence-corrected chi connectivity index (χ1v) is 9.34. The zero-order valence-corrected chi connectivity index (χ0v) is 17.0. The van der Waals surface area contributed by atoms with Crippen LogP contribution in [0.15, 0.2) is 53.3 Å². The number of carbonyl (C=O) groups excluding carboxylic acids is 2. The van der Waals surface area contributed by atoms with Crippen molar-refractivity contribution in [2.75, 3.05) is 13.7 Å². The number of H-pyrrole nitrogens is 1. The van der Waals surface area contributed by atoms with Crippen LogP contribution in [0.1, 0.15) is 24.4 Å². The zero-order chi connectivity index (χ0) is 22.4. The van der Waals surface area contributed by atoms with E-state index in [1.54, 1.807) is 49.4 Å². The number of nitrogens with one attached hydrogen (secondary N) is 1. The number of ether oxygens (including phenoxy) is 3. The molecule has 0 saturated heterocycles. The molecule has 9 nitrogen and oxygen atoms in total. The van der Waals surface area contributed by atoms with Crippen LogP contribution in [0.4, 0.5) is 0 Å². The number of esters is 1. The number of benzene rings is 2. The summed E-state index contributed by atoms with van der Waals surface area (Å²) in [5, 5.41) is 0.460. The van der Waals surface area contributed by atoms with E-state index in [-0.39, 0.29) is 18.0 Å². The van der Waals surface area contributed by atoms with Gasteiger partial charge in [0.25, 0.3) is 11.5 Å². The number of amides is 1. The van der Waals surface area contributed by atoms with Crippen LogP contribution in [0.25, 0.3) is 17.0 Å². The smallest absolute Gasteiger partial charge is 0.331 e.